The molecule has 1 amide bonds. The minimum absolute atomic E-state index is 0.406. The molecule has 0 aromatic rings. The van der Waals surface area contributed by atoms with Gasteiger partial charge in [-0.2, -0.15) is 0 Å². The van der Waals surface area contributed by atoms with Crippen LogP contribution in [0.2, 0.25) is 0 Å². The quantitative estimate of drug-likeness (QED) is 0.154. The zero-order chi connectivity index (χ0) is 24.4. The highest BCUT2D eigenvalue weighted by atomic mass is 32.2. The van der Waals surface area contributed by atoms with Crippen LogP contribution in [0.4, 0.5) is 0 Å². The van der Waals surface area contributed by atoms with Gasteiger partial charge in [0.05, 0.1) is 24.9 Å². The molecule has 186 valence electrons. The molecule has 2 rings (SSSR count). The topological polar surface area (TPSA) is 247 Å². The Kier molecular flexibility index (Phi) is 9.22. The van der Waals surface area contributed by atoms with Crippen molar-refractivity contribution in [2.45, 2.75) is 79.4 Å². The summed E-state index contributed by atoms with van der Waals surface area (Å²) >= 11 is 0.495. The first kappa shape index (κ1) is 27.1. The molecule has 0 bridgehead atoms. The lowest BCUT2D eigenvalue weighted by molar-refractivity contribution is -0.276. The van der Waals surface area contributed by atoms with Gasteiger partial charge >= 0.3 is 5.97 Å². The molecule has 2 saturated heterocycles. The monoisotopic (exact) mass is 487 g/mol. The zero-order valence-corrected chi connectivity index (χ0v) is 17.8. The predicted molar refractivity (Wildman–Crippen MR) is 104 cm³/mol. The molecule has 0 radical (unpaired) electrons. The van der Waals surface area contributed by atoms with Gasteiger partial charge < -0.3 is 60.7 Å². The van der Waals surface area contributed by atoms with E-state index in [1.807, 2.05) is 0 Å². The van der Waals surface area contributed by atoms with Crippen LogP contribution in [0, 0.1) is 0 Å². The van der Waals surface area contributed by atoms with Crippen LogP contribution < -0.4 is 5.32 Å². The maximum atomic E-state index is 12.1. The Morgan fingerprint density at radius 2 is 1.75 bits per heavy atom. The van der Waals surface area contributed by atoms with E-state index >= 15 is 0 Å². The highest BCUT2D eigenvalue weighted by Crippen LogP contribution is 2.41. The average Bonchev–Trinajstić information content (AvgIpc) is 2.73. The number of carboxylic acid groups (broad SMARTS) is 1. The van der Waals surface area contributed by atoms with Crippen LogP contribution in [0.25, 0.3) is 0 Å². The van der Waals surface area contributed by atoms with E-state index in [-0.39, 0.29) is 0 Å². The number of amides is 1. The van der Waals surface area contributed by atoms with E-state index < -0.39 is 96.8 Å². The Hall–Kier alpha value is -1.11. The Balaban J connectivity index is 2.27. The number of carboxylic acids is 1. The Morgan fingerprint density at radius 3 is 2.28 bits per heavy atom. The van der Waals surface area contributed by atoms with Crippen molar-refractivity contribution in [3.8, 4) is 0 Å². The molecular formula is C17H29NO13S. The van der Waals surface area contributed by atoms with Gasteiger partial charge in [0.1, 0.15) is 36.6 Å². The number of thioether (sulfide) groups is 1. The van der Waals surface area contributed by atoms with Crippen molar-refractivity contribution in [1.82, 2.24) is 5.32 Å². The summed E-state index contributed by atoms with van der Waals surface area (Å²) < 4.78 is 10.6. The van der Waals surface area contributed by atoms with E-state index in [2.05, 4.69) is 5.32 Å². The van der Waals surface area contributed by atoms with Crippen molar-refractivity contribution in [2.24, 2.45) is 0 Å². The maximum Gasteiger partial charge on any atom is 0.346 e. The van der Waals surface area contributed by atoms with Crippen molar-refractivity contribution in [1.29, 1.82) is 0 Å². The number of aliphatic carboxylic acids is 1. The summed E-state index contributed by atoms with van der Waals surface area (Å²) in [6.45, 7) is 0.191. The first-order valence-corrected chi connectivity index (χ1v) is 10.7. The van der Waals surface area contributed by atoms with E-state index in [1.54, 1.807) is 0 Å². The number of rotatable bonds is 8. The second kappa shape index (κ2) is 10.9. The molecule has 32 heavy (non-hydrogen) atoms. The van der Waals surface area contributed by atoms with Gasteiger partial charge in [0.25, 0.3) is 0 Å². The highest BCUT2D eigenvalue weighted by Gasteiger charge is 2.56. The smallest absolute Gasteiger partial charge is 0.346 e. The van der Waals surface area contributed by atoms with Gasteiger partial charge in [0, 0.05) is 19.1 Å². The van der Waals surface area contributed by atoms with Gasteiger partial charge in [-0.3, -0.25) is 4.79 Å². The van der Waals surface area contributed by atoms with E-state index in [0.717, 1.165) is 6.92 Å². The molecular weight excluding hydrogens is 458 g/mol. The third-order valence-corrected chi connectivity index (χ3v) is 6.75. The van der Waals surface area contributed by atoms with Crippen molar-refractivity contribution < 1.29 is 65.0 Å². The second-order valence-electron chi connectivity index (χ2n) is 7.73. The van der Waals surface area contributed by atoms with Crippen LogP contribution >= 0.6 is 11.8 Å². The van der Waals surface area contributed by atoms with Crippen LogP contribution in [0.1, 0.15) is 13.3 Å². The number of aliphatic hydroxyl groups is 8. The second-order valence-corrected chi connectivity index (χ2v) is 9.01. The van der Waals surface area contributed by atoms with Crippen molar-refractivity contribution in [2.75, 3.05) is 12.4 Å². The summed E-state index contributed by atoms with van der Waals surface area (Å²) in [5, 5.41) is 91.1. The number of carbonyl (C=O) groups excluding carboxylic acids is 1. The van der Waals surface area contributed by atoms with Crippen molar-refractivity contribution in [3.63, 3.8) is 0 Å². The summed E-state index contributed by atoms with van der Waals surface area (Å²) in [6, 6.07) is -1.33. The highest BCUT2D eigenvalue weighted by molar-refractivity contribution is 8.01. The third-order valence-electron chi connectivity index (χ3n) is 5.35. The average molecular weight is 487 g/mol. The number of aliphatic hydroxyl groups excluding tert-OH is 8. The van der Waals surface area contributed by atoms with E-state index in [1.165, 1.54) is 0 Å². The van der Waals surface area contributed by atoms with Gasteiger partial charge in [-0.05, 0) is 0 Å². The molecule has 0 aromatic carbocycles. The van der Waals surface area contributed by atoms with Gasteiger partial charge in [0.15, 0.2) is 6.29 Å². The lowest BCUT2D eigenvalue weighted by atomic mass is 9.90. The number of hydrogen-bond donors (Lipinski definition) is 10. The van der Waals surface area contributed by atoms with Gasteiger partial charge in [-0.15, -0.1) is 11.8 Å². The Morgan fingerprint density at radius 1 is 1.12 bits per heavy atom. The summed E-state index contributed by atoms with van der Waals surface area (Å²) in [6.07, 6.45) is -16.0. The molecule has 2 aliphatic heterocycles. The fourth-order valence-corrected chi connectivity index (χ4v) is 4.86. The minimum Gasteiger partial charge on any atom is -0.478 e. The zero-order valence-electron chi connectivity index (χ0n) is 17.0. The third kappa shape index (κ3) is 5.68. The SMILES string of the molecule is CC(=O)N[C@H]1[C@H]([C@H](O)[C@H](O)CO)O[C@@](SC[C@H]2O[C@@H](O)[C@H](O)[C@@H](O)[C@H]2O)(C(=O)O)C[C@@H]1O. The number of carbonyl (C=O) groups is 2. The fourth-order valence-electron chi connectivity index (χ4n) is 3.56. The minimum atomic E-state index is -2.27. The standard InChI is InChI=1S/C17H29NO13S/c1-5(20)18-9-6(21)2-17(16(28)29,31-14(9)10(23)7(22)3-19)32-4-8-11(24)12(25)13(26)15(27)30-8/h6-15,19,21-27H,2-4H2,1H3,(H,18,20)(H,28,29)/t6-,7+,8+,9+,10+,11-,12-,13+,14+,15+,17-/m0/s1. The number of nitrogens with one attached hydrogen (secondary N) is 1. The molecule has 2 fully saturated rings. The summed E-state index contributed by atoms with van der Waals surface area (Å²) in [4.78, 5) is 21.4. The van der Waals surface area contributed by atoms with Gasteiger partial charge in [-0.25, -0.2) is 4.79 Å². The lowest BCUT2D eigenvalue weighted by Crippen LogP contribution is -2.66. The normalized spacial score (nSPS) is 42.2. The van der Waals surface area contributed by atoms with Gasteiger partial charge in [-0.1, -0.05) is 0 Å². The molecule has 0 spiro atoms. The molecule has 11 atom stereocenters. The molecule has 10 N–H and O–H groups in total. The van der Waals surface area contributed by atoms with E-state index in [4.69, 9.17) is 14.6 Å². The molecule has 14 nitrogen and oxygen atoms in total. The molecule has 0 aromatic heterocycles. The summed E-state index contributed by atoms with van der Waals surface area (Å²) in [5.74, 6) is -2.65. The first-order valence-electron chi connectivity index (χ1n) is 9.69. The van der Waals surface area contributed by atoms with Crippen molar-refractivity contribution in [3.05, 3.63) is 0 Å². The van der Waals surface area contributed by atoms with Gasteiger partial charge in [0.2, 0.25) is 10.8 Å². The fraction of sp³-hybridized carbons (Fsp3) is 0.882. The maximum absolute atomic E-state index is 12.1. The Bertz CT molecular complexity index is 670. The van der Waals surface area contributed by atoms with Crippen LogP contribution in [-0.2, 0) is 19.1 Å². The molecule has 0 saturated carbocycles. The number of ether oxygens (including phenoxy) is 2. The predicted octanol–water partition coefficient (Wildman–Crippen LogP) is -5.33. The molecule has 15 heteroatoms. The van der Waals surface area contributed by atoms with E-state index in [9.17, 15) is 50.4 Å². The molecule has 0 unspecified atom stereocenters. The number of hydrogen-bond acceptors (Lipinski definition) is 13. The van der Waals surface area contributed by atoms with Crippen LogP contribution in [0.15, 0.2) is 0 Å². The first-order chi connectivity index (χ1) is 14.8. The summed E-state index contributed by atoms with van der Waals surface area (Å²) in [5.41, 5.74) is 0. The molecule has 2 heterocycles. The van der Waals surface area contributed by atoms with E-state index in [0.29, 0.717) is 11.8 Å². The lowest BCUT2D eigenvalue weighted by Gasteiger charge is -2.47. The summed E-state index contributed by atoms with van der Waals surface area (Å²) in [7, 11) is 0. The Labute approximate surface area is 186 Å². The van der Waals surface area contributed by atoms with Crippen LogP contribution in [0.5, 0.6) is 0 Å². The van der Waals surface area contributed by atoms with Crippen LogP contribution in [-0.4, -0.2) is 136 Å². The van der Waals surface area contributed by atoms with Crippen molar-refractivity contribution >= 4 is 23.6 Å². The van der Waals surface area contributed by atoms with Crippen LogP contribution in [0.3, 0.4) is 0 Å². The molecule has 0 aliphatic carbocycles. The largest absolute Gasteiger partial charge is 0.478 e. The molecule has 2 aliphatic rings.